The first-order valence-electron chi connectivity index (χ1n) is 5.86. The van der Waals surface area contributed by atoms with Gasteiger partial charge in [-0.15, -0.1) is 6.58 Å². The van der Waals surface area contributed by atoms with Crippen LogP contribution in [0.4, 0.5) is 0 Å². The summed E-state index contributed by atoms with van der Waals surface area (Å²) in [6, 6.07) is 7.89. The van der Waals surface area contributed by atoms with Crippen LogP contribution in [-0.2, 0) is 0 Å². The Bertz CT molecular complexity index is 322. The van der Waals surface area contributed by atoms with Crippen molar-refractivity contribution in [1.82, 2.24) is 0 Å². The minimum Gasteiger partial charge on any atom is -0.324 e. The van der Waals surface area contributed by atoms with Crippen molar-refractivity contribution in [3.8, 4) is 0 Å². The molecule has 0 aliphatic carbocycles. The molecular formula is C14H20ClN. The zero-order valence-corrected chi connectivity index (χ0v) is 10.4. The van der Waals surface area contributed by atoms with Crippen LogP contribution in [0.5, 0.6) is 0 Å². The molecule has 0 bridgehead atoms. The van der Waals surface area contributed by atoms with Crippen molar-refractivity contribution in [2.75, 3.05) is 0 Å². The van der Waals surface area contributed by atoms with E-state index in [0.717, 1.165) is 29.8 Å². The zero-order chi connectivity index (χ0) is 11.8. The van der Waals surface area contributed by atoms with E-state index in [2.05, 4.69) is 6.58 Å². The van der Waals surface area contributed by atoms with Gasteiger partial charge in [-0.2, -0.15) is 0 Å². The van der Waals surface area contributed by atoms with Crippen LogP contribution in [-0.4, -0.2) is 0 Å². The van der Waals surface area contributed by atoms with Gasteiger partial charge >= 0.3 is 0 Å². The highest BCUT2D eigenvalue weighted by Crippen LogP contribution is 2.24. The number of benzene rings is 1. The molecule has 0 saturated heterocycles. The third-order valence-corrected chi connectivity index (χ3v) is 3.07. The molecule has 0 spiro atoms. The molecule has 0 aromatic heterocycles. The molecule has 16 heavy (non-hydrogen) atoms. The highest BCUT2D eigenvalue weighted by Gasteiger charge is 2.08. The molecule has 1 aromatic carbocycles. The Balaban J connectivity index is 2.32. The van der Waals surface area contributed by atoms with Gasteiger partial charge in [0.15, 0.2) is 0 Å². The molecule has 1 nitrogen and oxygen atoms in total. The maximum absolute atomic E-state index is 6.11. The first-order chi connectivity index (χ1) is 7.75. The Labute approximate surface area is 103 Å². The molecule has 1 aromatic rings. The highest BCUT2D eigenvalue weighted by atomic mass is 35.5. The molecule has 0 heterocycles. The van der Waals surface area contributed by atoms with Crippen LogP contribution in [0.3, 0.4) is 0 Å². The van der Waals surface area contributed by atoms with Crippen LogP contribution in [0.15, 0.2) is 36.9 Å². The predicted octanol–water partition coefficient (Wildman–Crippen LogP) is 4.48. The molecule has 0 aliphatic rings. The van der Waals surface area contributed by atoms with Gasteiger partial charge in [0.25, 0.3) is 0 Å². The molecule has 1 unspecified atom stereocenters. The number of hydrogen-bond acceptors (Lipinski definition) is 1. The summed E-state index contributed by atoms with van der Waals surface area (Å²) in [5, 5.41) is 0.779. The molecule has 0 fully saturated rings. The molecular weight excluding hydrogens is 218 g/mol. The lowest BCUT2D eigenvalue weighted by molar-refractivity contribution is 0.572. The van der Waals surface area contributed by atoms with Gasteiger partial charge < -0.3 is 5.73 Å². The van der Waals surface area contributed by atoms with Crippen molar-refractivity contribution in [1.29, 1.82) is 0 Å². The molecule has 0 amide bonds. The third kappa shape index (κ3) is 4.38. The topological polar surface area (TPSA) is 26.0 Å². The number of hydrogen-bond donors (Lipinski definition) is 1. The summed E-state index contributed by atoms with van der Waals surface area (Å²) in [6.45, 7) is 3.71. The lowest BCUT2D eigenvalue weighted by Crippen LogP contribution is -2.10. The fourth-order valence-electron chi connectivity index (χ4n) is 1.76. The second-order valence-electron chi connectivity index (χ2n) is 4.05. The highest BCUT2D eigenvalue weighted by molar-refractivity contribution is 6.31. The van der Waals surface area contributed by atoms with E-state index in [1.165, 1.54) is 12.8 Å². The smallest absolute Gasteiger partial charge is 0.0453 e. The van der Waals surface area contributed by atoms with Crippen LogP contribution < -0.4 is 5.73 Å². The van der Waals surface area contributed by atoms with Crippen molar-refractivity contribution in [2.24, 2.45) is 5.73 Å². The average molecular weight is 238 g/mol. The zero-order valence-electron chi connectivity index (χ0n) is 9.66. The minimum atomic E-state index is 0.0671. The number of halogens is 1. The Hall–Kier alpha value is -0.790. The Morgan fingerprint density at radius 1 is 1.25 bits per heavy atom. The van der Waals surface area contributed by atoms with Crippen molar-refractivity contribution in [3.05, 3.63) is 47.5 Å². The summed E-state index contributed by atoms with van der Waals surface area (Å²) >= 11 is 6.09. The van der Waals surface area contributed by atoms with Gasteiger partial charge in [0, 0.05) is 11.1 Å². The van der Waals surface area contributed by atoms with E-state index in [0.29, 0.717) is 0 Å². The van der Waals surface area contributed by atoms with Gasteiger partial charge in [-0.05, 0) is 30.9 Å². The summed E-state index contributed by atoms with van der Waals surface area (Å²) < 4.78 is 0. The molecule has 1 rings (SSSR count). The minimum absolute atomic E-state index is 0.0671. The van der Waals surface area contributed by atoms with Gasteiger partial charge in [0.1, 0.15) is 0 Å². The first-order valence-corrected chi connectivity index (χ1v) is 6.24. The van der Waals surface area contributed by atoms with Crippen LogP contribution in [0.2, 0.25) is 5.02 Å². The van der Waals surface area contributed by atoms with Gasteiger partial charge in [0.05, 0.1) is 0 Å². The van der Waals surface area contributed by atoms with Crippen LogP contribution in [0.1, 0.15) is 43.7 Å². The Kier molecular flexibility index (Phi) is 6.20. The van der Waals surface area contributed by atoms with Crippen LogP contribution in [0, 0.1) is 0 Å². The van der Waals surface area contributed by atoms with Crippen LogP contribution >= 0.6 is 11.6 Å². The predicted molar refractivity (Wildman–Crippen MR) is 71.7 cm³/mol. The number of allylic oxidation sites excluding steroid dienone is 1. The molecule has 2 N–H and O–H groups in total. The fraction of sp³-hybridized carbons (Fsp3) is 0.429. The van der Waals surface area contributed by atoms with Gasteiger partial charge in [-0.3, -0.25) is 0 Å². The summed E-state index contributed by atoms with van der Waals surface area (Å²) in [6.07, 6.45) is 7.64. The maximum Gasteiger partial charge on any atom is 0.0453 e. The summed E-state index contributed by atoms with van der Waals surface area (Å²) in [5.41, 5.74) is 7.17. The van der Waals surface area contributed by atoms with Crippen LogP contribution in [0.25, 0.3) is 0 Å². The fourth-order valence-corrected chi connectivity index (χ4v) is 2.04. The van der Waals surface area contributed by atoms with Crippen molar-refractivity contribution in [3.63, 3.8) is 0 Å². The van der Waals surface area contributed by atoms with E-state index in [4.69, 9.17) is 17.3 Å². The Morgan fingerprint density at radius 2 is 2.00 bits per heavy atom. The summed E-state index contributed by atoms with van der Waals surface area (Å²) in [4.78, 5) is 0. The lowest BCUT2D eigenvalue weighted by atomic mass is 10.0. The van der Waals surface area contributed by atoms with E-state index in [1.54, 1.807) is 0 Å². The maximum atomic E-state index is 6.11. The number of rotatable bonds is 7. The van der Waals surface area contributed by atoms with E-state index < -0.39 is 0 Å². The molecule has 0 saturated carbocycles. The second-order valence-corrected chi connectivity index (χ2v) is 4.46. The molecule has 0 radical (unpaired) electrons. The monoisotopic (exact) mass is 237 g/mol. The third-order valence-electron chi connectivity index (χ3n) is 2.73. The van der Waals surface area contributed by atoms with Gasteiger partial charge in [-0.1, -0.05) is 48.7 Å². The SMILES string of the molecule is C=CCCCCCC(N)c1ccccc1Cl. The number of nitrogens with two attached hydrogens (primary N) is 1. The van der Waals surface area contributed by atoms with E-state index in [1.807, 2.05) is 30.3 Å². The van der Waals surface area contributed by atoms with Crippen molar-refractivity contribution in [2.45, 2.75) is 38.1 Å². The summed E-state index contributed by atoms with van der Waals surface area (Å²) in [5.74, 6) is 0. The van der Waals surface area contributed by atoms with E-state index in [9.17, 15) is 0 Å². The standard InChI is InChI=1S/C14H20ClN/c1-2-3-4-5-6-11-14(16)12-9-7-8-10-13(12)15/h2,7-10,14H,1,3-6,11,16H2. The molecule has 1 atom stereocenters. The van der Waals surface area contributed by atoms with Crippen molar-refractivity contribution < 1.29 is 0 Å². The van der Waals surface area contributed by atoms with Gasteiger partial charge in [0.2, 0.25) is 0 Å². The van der Waals surface area contributed by atoms with Gasteiger partial charge in [-0.25, -0.2) is 0 Å². The lowest BCUT2D eigenvalue weighted by Gasteiger charge is -2.13. The molecule has 0 aliphatic heterocycles. The normalized spacial score (nSPS) is 12.4. The first kappa shape index (κ1) is 13.3. The van der Waals surface area contributed by atoms with E-state index in [-0.39, 0.29) is 6.04 Å². The average Bonchev–Trinajstić information content (AvgIpc) is 2.29. The summed E-state index contributed by atoms with van der Waals surface area (Å²) in [7, 11) is 0. The molecule has 2 heteroatoms. The Morgan fingerprint density at radius 3 is 2.69 bits per heavy atom. The van der Waals surface area contributed by atoms with E-state index >= 15 is 0 Å². The molecule has 88 valence electrons. The largest absolute Gasteiger partial charge is 0.324 e. The quantitative estimate of drug-likeness (QED) is 0.549. The number of unbranched alkanes of at least 4 members (excludes halogenated alkanes) is 3. The second kappa shape index (κ2) is 7.48. The van der Waals surface area contributed by atoms with Crippen molar-refractivity contribution >= 4 is 11.6 Å².